The second-order valence-electron chi connectivity index (χ2n) is 6.78. The van der Waals surface area contributed by atoms with Gasteiger partial charge in [-0.15, -0.1) is 0 Å². The molecule has 2 N–H and O–H groups in total. The van der Waals surface area contributed by atoms with E-state index >= 15 is 0 Å². The van der Waals surface area contributed by atoms with E-state index in [0.717, 1.165) is 18.4 Å². The molecular weight excluding hydrogens is 396 g/mol. The van der Waals surface area contributed by atoms with E-state index in [2.05, 4.69) is 5.32 Å². The lowest BCUT2D eigenvalue weighted by atomic mass is 10.1. The number of rotatable bonds is 6. The van der Waals surface area contributed by atoms with Crippen molar-refractivity contribution in [3.8, 4) is 5.75 Å². The summed E-state index contributed by atoms with van der Waals surface area (Å²) in [5, 5.41) is 12.3. The average Bonchev–Trinajstić information content (AvgIpc) is 3.22. The van der Waals surface area contributed by atoms with Gasteiger partial charge in [0.25, 0.3) is 5.91 Å². The number of esters is 1. The summed E-state index contributed by atoms with van der Waals surface area (Å²) in [6.45, 7) is 2.26. The summed E-state index contributed by atoms with van der Waals surface area (Å²) in [7, 11) is -3.52. The number of ether oxygens (including phenoxy) is 1. The first-order valence-corrected chi connectivity index (χ1v) is 10.6. The van der Waals surface area contributed by atoms with Crippen molar-refractivity contribution in [2.24, 2.45) is 0 Å². The number of aryl methyl sites for hydroxylation is 1. The number of benzene rings is 2. The number of carbonyl (C=O) groups excluding carboxylic acids is 2. The van der Waals surface area contributed by atoms with Crippen molar-refractivity contribution < 1.29 is 27.9 Å². The number of phenols is 1. The van der Waals surface area contributed by atoms with Gasteiger partial charge in [-0.3, -0.25) is 4.79 Å². The molecular formula is C20H22N2O6S. The van der Waals surface area contributed by atoms with Crippen LogP contribution >= 0.6 is 0 Å². The molecule has 2 aromatic carbocycles. The summed E-state index contributed by atoms with van der Waals surface area (Å²) < 4.78 is 31.3. The number of sulfonamides is 1. The highest BCUT2D eigenvalue weighted by Crippen LogP contribution is 2.22. The number of hydrogen-bond acceptors (Lipinski definition) is 6. The number of carbonyl (C=O) groups is 2. The molecule has 1 heterocycles. The Morgan fingerprint density at radius 1 is 1.10 bits per heavy atom. The molecule has 9 heteroatoms. The standard InChI is InChI=1S/C20H22N2O6S/c1-14-4-9-17(18(23)12-14)20(25)28-13-19(24)21-15-5-7-16(8-6-15)29(26,27)22-10-2-3-11-22/h4-9,12,23H,2-3,10-11,13H2,1H3,(H,21,24). The molecule has 3 rings (SSSR count). The summed E-state index contributed by atoms with van der Waals surface area (Å²) in [6.07, 6.45) is 1.71. The summed E-state index contributed by atoms with van der Waals surface area (Å²) in [5.74, 6) is -1.62. The Balaban J connectivity index is 1.56. The molecule has 0 spiro atoms. The Hall–Kier alpha value is -2.91. The fourth-order valence-electron chi connectivity index (χ4n) is 3.01. The third-order valence-corrected chi connectivity index (χ3v) is 6.46. The minimum absolute atomic E-state index is 0.0279. The number of nitrogens with one attached hydrogen (secondary N) is 1. The van der Waals surface area contributed by atoms with Crippen LogP contribution in [0.2, 0.25) is 0 Å². The van der Waals surface area contributed by atoms with E-state index in [1.165, 1.54) is 40.7 Å². The van der Waals surface area contributed by atoms with Gasteiger partial charge in [0.1, 0.15) is 11.3 Å². The van der Waals surface area contributed by atoms with Gasteiger partial charge in [0.15, 0.2) is 6.61 Å². The zero-order chi connectivity index (χ0) is 21.0. The highest BCUT2D eigenvalue weighted by molar-refractivity contribution is 7.89. The van der Waals surface area contributed by atoms with Crippen molar-refractivity contribution >= 4 is 27.6 Å². The second kappa shape index (κ2) is 8.62. The maximum atomic E-state index is 12.5. The van der Waals surface area contributed by atoms with Gasteiger partial charge in [0, 0.05) is 18.8 Å². The number of nitrogens with zero attached hydrogens (tertiary/aromatic N) is 1. The molecule has 29 heavy (non-hydrogen) atoms. The Labute approximate surface area is 169 Å². The molecule has 1 fully saturated rings. The highest BCUT2D eigenvalue weighted by atomic mass is 32.2. The zero-order valence-electron chi connectivity index (χ0n) is 15.9. The topological polar surface area (TPSA) is 113 Å². The van der Waals surface area contributed by atoms with Gasteiger partial charge in [0.2, 0.25) is 10.0 Å². The number of phenolic OH excluding ortho intramolecular Hbond substituents is 1. The van der Waals surface area contributed by atoms with Crippen LogP contribution in [-0.2, 0) is 19.6 Å². The van der Waals surface area contributed by atoms with Crippen LogP contribution < -0.4 is 5.32 Å². The molecule has 1 aliphatic rings. The normalized spacial score (nSPS) is 14.5. The minimum atomic E-state index is -3.52. The van der Waals surface area contributed by atoms with Crippen LogP contribution in [0.25, 0.3) is 0 Å². The van der Waals surface area contributed by atoms with Crippen LogP contribution in [-0.4, -0.2) is 49.4 Å². The molecule has 1 amide bonds. The summed E-state index contributed by atoms with van der Waals surface area (Å²) in [5.41, 5.74) is 1.14. The number of amides is 1. The molecule has 1 saturated heterocycles. The fourth-order valence-corrected chi connectivity index (χ4v) is 4.53. The molecule has 154 valence electrons. The van der Waals surface area contributed by atoms with Gasteiger partial charge < -0.3 is 15.2 Å². The lowest BCUT2D eigenvalue weighted by molar-refractivity contribution is -0.119. The van der Waals surface area contributed by atoms with Crippen molar-refractivity contribution in [3.63, 3.8) is 0 Å². The van der Waals surface area contributed by atoms with Crippen LogP contribution in [0.5, 0.6) is 5.75 Å². The van der Waals surface area contributed by atoms with Crippen LogP contribution in [0.15, 0.2) is 47.4 Å². The Kier molecular flexibility index (Phi) is 6.19. The average molecular weight is 418 g/mol. The molecule has 0 radical (unpaired) electrons. The van der Waals surface area contributed by atoms with Gasteiger partial charge in [-0.1, -0.05) is 6.07 Å². The smallest absolute Gasteiger partial charge is 0.342 e. The third kappa shape index (κ3) is 4.93. The Morgan fingerprint density at radius 3 is 2.38 bits per heavy atom. The predicted molar refractivity (Wildman–Crippen MR) is 106 cm³/mol. The number of hydrogen-bond donors (Lipinski definition) is 2. The maximum Gasteiger partial charge on any atom is 0.342 e. The molecule has 1 aliphatic heterocycles. The van der Waals surface area contributed by atoms with Crippen LogP contribution in [0.1, 0.15) is 28.8 Å². The van der Waals surface area contributed by atoms with Crippen molar-refractivity contribution in [1.82, 2.24) is 4.31 Å². The van der Waals surface area contributed by atoms with Gasteiger partial charge in [-0.25, -0.2) is 13.2 Å². The van der Waals surface area contributed by atoms with E-state index in [4.69, 9.17) is 4.74 Å². The molecule has 8 nitrogen and oxygen atoms in total. The SMILES string of the molecule is Cc1ccc(C(=O)OCC(=O)Nc2ccc(S(=O)(=O)N3CCCC3)cc2)c(O)c1. The zero-order valence-corrected chi connectivity index (χ0v) is 16.7. The van der Waals surface area contributed by atoms with Crippen molar-refractivity contribution in [2.45, 2.75) is 24.7 Å². The number of anilines is 1. The van der Waals surface area contributed by atoms with E-state index in [1.54, 1.807) is 13.0 Å². The van der Waals surface area contributed by atoms with E-state index in [1.807, 2.05) is 0 Å². The summed E-state index contributed by atoms with van der Waals surface area (Å²) in [4.78, 5) is 24.1. The predicted octanol–water partition coefficient (Wildman–Crippen LogP) is 2.28. The van der Waals surface area contributed by atoms with Gasteiger partial charge in [-0.2, -0.15) is 4.31 Å². The molecule has 0 unspecified atom stereocenters. The highest BCUT2D eigenvalue weighted by Gasteiger charge is 2.27. The van der Waals surface area contributed by atoms with Gasteiger partial charge in [0.05, 0.1) is 4.90 Å². The van der Waals surface area contributed by atoms with E-state index in [9.17, 15) is 23.1 Å². The summed E-state index contributed by atoms with van der Waals surface area (Å²) >= 11 is 0. The fraction of sp³-hybridized carbons (Fsp3) is 0.300. The van der Waals surface area contributed by atoms with Gasteiger partial charge >= 0.3 is 5.97 Å². The second-order valence-corrected chi connectivity index (χ2v) is 8.72. The van der Waals surface area contributed by atoms with Gasteiger partial charge in [-0.05, 0) is 61.7 Å². The van der Waals surface area contributed by atoms with Crippen LogP contribution in [0.4, 0.5) is 5.69 Å². The first-order chi connectivity index (χ1) is 13.8. The molecule has 0 bridgehead atoms. The van der Waals surface area contributed by atoms with Crippen molar-refractivity contribution in [2.75, 3.05) is 25.0 Å². The van der Waals surface area contributed by atoms with Crippen LogP contribution in [0, 0.1) is 6.92 Å². The Morgan fingerprint density at radius 2 is 1.76 bits per heavy atom. The largest absolute Gasteiger partial charge is 0.507 e. The molecule has 0 aliphatic carbocycles. The maximum absolute atomic E-state index is 12.5. The van der Waals surface area contributed by atoms with E-state index in [-0.39, 0.29) is 16.2 Å². The monoisotopic (exact) mass is 418 g/mol. The quantitative estimate of drug-likeness (QED) is 0.696. The third-order valence-electron chi connectivity index (χ3n) is 4.55. The molecule has 0 saturated carbocycles. The molecule has 0 aromatic heterocycles. The van der Waals surface area contributed by atoms with E-state index in [0.29, 0.717) is 18.8 Å². The first-order valence-electron chi connectivity index (χ1n) is 9.14. The summed E-state index contributed by atoms with van der Waals surface area (Å²) in [6, 6.07) is 10.3. The van der Waals surface area contributed by atoms with Crippen molar-refractivity contribution in [3.05, 3.63) is 53.6 Å². The number of aromatic hydroxyl groups is 1. The lowest BCUT2D eigenvalue weighted by Crippen LogP contribution is -2.27. The Bertz CT molecular complexity index is 1010. The lowest BCUT2D eigenvalue weighted by Gasteiger charge is -2.15. The molecule has 2 aromatic rings. The van der Waals surface area contributed by atoms with E-state index < -0.39 is 28.5 Å². The first kappa shape index (κ1) is 20.8. The van der Waals surface area contributed by atoms with Crippen molar-refractivity contribution in [1.29, 1.82) is 0 Å². The minimum Gasteiger partial charge on any atom is -0.507 e. The molecule has 0 atom stereocenters. The van der Waals surface area contributed by atoms with Crippen LogP contribution in [0.3, 0.4) is 0 Å².